The van der Waals surface area contributed by atoms with Crippen molar-refractivity contribution in [3.63, 3.8) is 0 Å². The van der Waals surface area contributed by atoms with Gasteiger partial charge in [-0.1, -0.05) is 6.92 Å². The maximum absolute atomic E-state index is 12.2. The van der Waals surface area contributed by atoms with Crippen LogP contribution in [0.4, 0.5) is 10.8 Å². The molecule has 7 nitrogen and oxygen atoms in total. The number of piperidine rings is 1. The lowest BCUT2D eigenvalue weighted by atomic mass is 10.0. The van der Waals surface area contributed by atoms with Crippen LogP contribution < -0.4 is 5.32 Å². The average Bonchev–Trinajstić information content (AvgIpc) is 3.01. The molecule has 0 spiro atoms. The van der Waals surface area contributed by atoms with Crippen LogP contribution in [0.25, 0.3) is 0 Å². The first kappa shape index (κ1) is 17.5. The van der Waals surface area contributed by atoms with E-state index < -0.39 is 4.92 Å². The lowest BCUT2D eigenvalue weighted by Gasteiger charge is -2.30. The molecule has 1 aliphatic rings. The Kier molecular flexibility index (Phi) is 5.40. The Morgan fingerprint density at radius 2 is 2.20 bits per heavy atom. The zero-order valence-corrected chi connectivity index (χ0v) is 14.8. The molecule has 1 aliphatic heterocycles. The van der Waals surface area contributed by atoms with Crippen LogP contribution in [0.5, 0.6) is 0 Å². The summed E-state index contributed by atoms with van der Waals surface area (Å²) in [6.45, 7) is 5.24. The molecule has 1 unspecified atom stereocenters. The van der Waals surface area contributed by atoms with Crippen molar-refractivity contribution in [2.75, 3.05) is 18.4 Å². The Bertz CT molecular complexity index is 760. The van der Waals surface area contributed by atoms with Crippen molar-refractivity contribution < 1.29 is 9.72 Å². The molecule has 0 saturated carbocycles. The summed E-state index contributed by atoms with van der Waals surface area (Å²) in [5.41, 5.74) is 1.29. The fourth-order valence-corrected chi connectivity index (χ4v) is 3.70. The quantitative estimate of drug-likeness (QED) is 0.651. The fourth-order valence-electron chi connectivity index (χ4n) is 3.00. The second kappa shape index (κ2) is 7.71. The Morgan fingerprint density at radius 1 is 1.44 bits per heavy atom. The molecular weight excluding hydrogens is 340 g/mol. The first-order valence-corrected chi connectivity index (χ1v) is 9.12. The molecular formula is C17H20N4O3S. The number of carbonyl (C=O) groups is 1. The zero-order chi connectivity index (χ0) is 17.8. The first-order valence-electron chi connectivity index (χ1n) is 8.24. The molecule has 1 N–H and O–H groups in total. The molecule has 0 bridgehead atoms. The van der Waals surface area contributed by atoms with Crippen molar-refractivity contribution in [3.05, 3.63) is 51.0 Å². The second-order valence-corrected chi connectivity index (χ2v) is 7.24. The van der Waals surface area contributed by atoms with Crippen molar-refractivity contribution in [1.29, 1.82) is 0 Å². The van der Waals surface area contributed by atoms with Crippen LogP contribution >= 0.6 is 11.3 Å². The number of rotatable bonds is 5. The molecule has 1 amide bonds. The lowest BCUT2D eigenvalue weighted by Crippen LogP contribution is -2.33. The zero-order valence-electron chi connectivity index (χ0n) is 14.0. The van der Waals surface area contributed by atoms with Gasteiger partial charge < -0.3 is 0 Å². The minimum Gasteiger partial charge on any atom is -0.298 e. The number of anilines is 1. The third kappa shape index (κ3) is 4.61. The molecule has 1 saturated heterocycles. The highest BCUT2D eigenvalue weighted by Crippen LogP contribution is 2.21. The summed E-state index contributed by atoms with van der Waals surface area (Å²) < 4.78 is 0. The van der Waals surface area contributed by atoms with E-state index in [-0.39, 0.29) is 11.6 Å². The molecule has 2 heterocycles. The number of benzene rings is 1. The number of aromatic nitrogens is 1. The molecule has 1 aromatic heterocycles. The number of thiazole rings is 1. The predicted molar refractivity (Wildman–Crippen MR) is 96.8 cm³/mol. The fraction of sp³-hybridized carbons (Fsp3) is 0.412. The highest BCUT2D eigenvalue weighted by atomic mass is 32.1. The Hall–Kier alpha value is -2.32. The minimum absolute atomic E-state index is 0.0381. The number of amides is 1. The van der Waals surface area contributed by atoms with Crippen LogP contribution in [0.3, 0.4) is 0 Å². The number of nitro benzene ring substituents is 1. The standard InChI is InChI=1S/C17H20N4O3S/c1-12-3-2-8-20(9-12)10-14-11-25-17(18-14)19-16(22)13-4-6-15(7-5-13)21(23)24/h4-7,11-12H,2-3,8-10H2,1H3,(H,18,19,22). The molecule has 1 aromatic carbocycles. The van der Waals surface area contributed by atoms with E-state index in [4.69, 9.17) is 0 Å². The van der Waals surface area contributed by atoms with Gasteiger partial charge in [0.2, 0.25) is 0 Å². The van der Waals surface area contributed by atoms with E-state index in [2.05, 4.69) is 22.1 Å². The van der Waals surface area contributed by atoms with Crippen LogP contribution in [-0.4, -0.2) is 33.8 Å². The second-order valence-electron chi connectivity index (χ2n) is 6.38. The predicted octanol–water partition coefficient (Wildman–Crippen LogP) is 3.54. The summed E-state index contributed by atoms with van der Waals surface area (Å²) in [6, 6.07) is 5.52. The van der Waals surface area contributed by atoms with Gasteiger partial charge in [-0.3, -0.25) is 25.1 Å². The molecule has 0 aliphatic carbocycles. The van der Waals surface area contributed by atoms with Gasteiger partial charge in [0.05, 0.1) is 10.6 Å². The Balaban J connectivity index is 1.58. The molecule has 1 atom stereocenters. The van der Waals surface area contributed by atoms with Gasteiger partial charge in [-0.15, -0.1) is 11.3 Å². The summed E-state index contributed by atoms with van der Waals surface area (Å²) >= 11 is 1.39. The van der Waals surface area contributed by atoms with E-state index in [1.165, 1.54) is 48.4 Å². The van der Waals surface area contributed by atoms with Crippen LogP contribution in [0.2, 0.25) is 0 Å². The minimum atomic E-state index is -0.490. The van der Waals surface area contributed by atoms with Gasteiger partial charge in [-0.05, 0) is 37.4 Å². The van der Waals surface area contributed by atoms with Gasteiger partial charge in [0.15, 0.2) is 5.13 Å². The summed E-state index contributed by atoms with van der Waals surface area (Å²) in [6.07, 6.45) is 2.50. The molecule has 8 heteroatoms. The van der Waals surface area contributed by atoms with Crippen LogP contribution in [-0.2, 0) is 6.54 Å². The third-order valence-corrected chi connectivity index (χ3v) is 5.05. The summed E-state index contributed by atoms with van der Waals surface area (Å²) in [7, 11) is 0. The van der Waals surface area contributed by atoms with Gasteiger partial charge in [0.1, 0.15) is 0 Å². The van der Waals surface area contributed by atoms with Crippen molar-refractivity contribution in [2.45, 2.75) is 26.3 Å². The van der Waals surface area contributed by atoms with Crippen molar-refractivity contribution >= 4 is 28.1 Å². The van der Waals surface area contributed by atoms with Crippen molar-refractivity contribution in [2.24, 2.45) is 5.92 Å². The number of nitrogens with zero attached hydrogens (tertiary/aromatic N) is 3. The maximum Gasteiger partial charge on any atom is 0.269 e. The van der Waals surface area contributed by atoms with Crippen LogP contribution in [0, 0.1) is 16.0 Å². The van der Waals surface area contributed by atoms with Crippen molar-refractivity contribution in [1.82, 2.24) is 9.88 Å². The van der Waals surface area contributed by atoms with E-state index in [1.807, 2.05) is 5.38 Å². The number of nitro groups is 1. The first-order chi connectivity index (χ1) is 12.0. The van der Waals surface area contributed by atoms with E-state index in [9.17, 15) is 14.9 Å². The van der Waals surface area contributed by atoms with Gasteiger partial charge >= 0.3 is 0 Å². The number of hydrogen-bond acceptors (Lipinski definition) is 6. The van der Waals surface area contributed by atoms with Crippen molar-refractivity contribution in [3.8, 4) is 0 Å². The summed E-state index contributed by atoms with van der Waals surface area (Å²) in [5.74, 6) is 0.399. The highest BCUT2D eigenvalue weighted by molar-refractivity contribution is 7.13. The molecule has 2 aromatic rings. The number of nitrogens with one attached hydrogen (secondary N) is 1. The Labute approximate surface area is 149 Å². The lowest BCUT2D eigenvalue weighted by molar-refractivity contribution is -0.384. The van der Waals surface area contributed by atoms with Crippen LogP contribution in [0.1, 0.15) is 35.8 Å². The van der Waals surface area contributed by atoms with E-state index in [0.717, 1.165) is 25.3 Å². The topological polar surface area (TPSA) is 88.4 Å². The maximum atomic E-state index is 12.2. The smallest absolute Gasteiger partial charge is 0.269 e. The molecule has 25 heavy (non-hydrogen) atoms. The Morgan fingerprint density at radius 3 is 2.88 bits per heavy atom. The van der Waals surface area contributed by atoms with Gasteiger partial charge in [0.25, 0.3) is 11.6 Å². The molecule has 1 fully saturated rings. The molecule has 132 valence electrons. The largest absolute Gasteiger partial charge is 0.298 e. The third-order valence-electron chi connectivity index (χ3n) is 4.24. The average molecular weight is 360 g/mol. The van der Waals surface area contributed by atoms with Gasteiger partial charge in [0, 0.05) is 36.2 Å². The van der Waals surface area contributed by atoms with Crippen LogP contribution in [0.15, 0.2) is 29.6 Å². The number of carbonyl (C=O) groups excluding carboxylic acids is 1. The number of likely N-dealkylation sites (tertiary alicyclic amines) is 1. The summed E-state index contributed by atoms with van der Waals surface area (Å²) in [4.78, 5) is 29.2. The monoisotopic (exact) mass is 360 g/mol. The highest BCUT2D eigenvalue weighted by Gasteiger charge is 2.18. The number of non-ortho nitro benzene ring substituents is 1. The molecule has 0 radical (unpaired) electrons. The SMILES string of the molecule is CC1CCCN(Cc2csc(NC(=O)c3ccc([N+](=O)[O-])cc3)n2)C1. The molecule has 3 rings (SSSR count). The van der Waals surface area contributed by atoms with E-state index in [0.29, 0.717) is 16.6 Å². The van der Waals surface area contributed by atoms with E-state index >= 15 is 0 Å². The summed E-state index contributed by atoms with van der Waals surface area (Å²) in [5, 5.41) is 15.9. The van der Waals surface area contributed by atoms with Gasteiger partial charge in [-0.25, -0.2) is 4.98 Å². The normalized spacial score (nSPS) is 18.0. The van der Waals surface area contributed by atoms with Gasteiger partial charge in [-0.2, -0.15) is 0 Å². The van der Waals surface area contributed by atoms with E-state index in [1.54, 1.807) is 0 Å². The number of hydrogen-bond donors (Lipinski definition) is 1.